The van der Waals surface area contributed by atoms with Crippen molar-refractivity contribution in [2.75, 3.05) is 23.8 Å². The third-order valence-corrected chi connectivity index (χ3v) is 3.93. The fourth-order valence-corrected chi connectivity index (χ4v) is 2.49. The van der Waals surface area contributed by atoms with Crippen molar-refractivity contribution >= 4 is 38.9 Å². The van der Waals surface area contributed by atoms with Crippen LogP contribution in [-0.2, 0) is 4.79 Å². The van der Waals surface area contributed by atoms with E-state index in [4.69, 9.17) is 5.26 Å². The molecule has 1 amide bonds. The minimum Gasteiger partial charge on any atom is -0.360 e. The molecule has 0 saturated carbocycles. The number of carbonyl (C=O) groups excluding carboxylic acids is 1. The van der Waals surface area contributed by atoms with Gasteiger partial charge in [-0.1, -0.05) is 12.1 Å². The minimum atomic E-state index is -0.543. The highest BCUT2D eigenvalue weighted by Gasteiger charge is 2.19. The monoisotopic (exact) mass is 388 g/mol. The van der Waals surface area contributed by atoms with Crippen LogP contribution in [-0.4, -0.2) is 24.4 Å². The third kappa shape index (κ3) is 4.08. The molecule has 0 aliphatic carbocycles. The van der Waals surface area contributed by atoms with Gasteiger partial charge in [-0.15, -0.1) is 0 Å². The van der Waals surface area contributed by atoms with Gasteiger partial charge < -0.3 is 10.2 Å². The number of nitriles is 1. The molecule has 7 nitrogen and oxygen atoms in total. The number of benzene rings is 2. The maximum absolute atomic E-state index is 12.2. The van der Waals surface area contributed by atoms with Gasteiger partial charge in [0.15, 0.2) is 0 Å². The first kappa shape index (κ1) is 17.4. The SMILES string of the molecule is CN(CC(=O)Nc1ccccc1Br)c1cc(C#N)ccc1[N+](=O)[O-]. The lowest BCUT2D eigenvalue weighted by Gasteiger charge is -2.19. The Hall–Kier alpha value is -2.92. The van der Waals surface area contributed by atoms with Crippen LogP contribution in [0.25, 0.3) is 0 Å². The van der Waals surface area contributed by atoms with E-state index in [0.717, 1.165) is 4.47 Å². The van der Waals surface area contributed by atoms with Gasteiger partial charge in [-0.3, -0.25) is 14.9 Å². The first-order valence-electron chi connectivity index (χ1n) is 6.86. The molecule has 8 heteroatoms. The van der Waals surface area contributed by atoms with Crippen molar-refractivity contribution < 1.29 is 9.72 Å². The summed E-state index contributed by atoms with van der Waals surface area (Å²) in [7, 11) is 1.56. The van der Waals surface area contributed by atoms with E-state index in [1.54, 1.807) is 25.2 Å². The Morgan fingerprint density at radius 3 is 2.71 bits per heavy atom. The molecule has 0 bridgehead atoms. The number of hydrogen-bond acceptors (Lipinski definition) is 5. The van der Waals surface area contributed by atoms with Crippen molar-refractivity contribution in [1.29, 1.82) is 5.26 Å². The first-order valence-corrected chi connectivity index (χ1v) is 7.65. The number of nitro groups is 1. The zero-order valence-electron chi connectivity index (χ0n) is 12.7. The zero-order chi connectivity index (χ0) is 17.7. The van der Waals surface area contributed by atoms with E-state index < -0.39 is 4.92 Å². The Labute approximate surface area is 146 Å². The van der Waals surface area contributed by atoms with Crippen molar-refractivity contribution in [1.82, 2.24) is 0 Å². The average Bonchev–Trinajstić information content (AvgIpc) is 2.56. The van der Waals surface area contributed by atoms with Crippen LogP contribution in [0.15, 0.2) is 46.9 Å². The van der Waals surface area contributed by atoms with Crippen LogP contribution in [0.3, 0.4) is 0 Å². The van der Waals surface area contributed by atoms with E-state index in [-0.39, 0.29) is 29.4 Å². The van der Waals surface area contributed by atoms with Crippen LogP contribution < -0.4 is 10.2 Å². The molecule has 2 aromatic rings. The summed E-state index contributed by atoms with van der Waals surface area (Å²) in [4.78, 5) is 24.2. The normalized spacial score (nSPS) is 9.88. The predicted molar refractivity (Wildman–Crippen MR) is 93.9 cm³/mol. The molecule has 2 rings (SSSR count). The van der Waals surface area contributed by atoms with Gasteiger partial charge in [-0.2, -0.15) is 5.26 Å². The summed E-state index contributed by atoms with van der Waals surface area (Å²) in [6.45, 7) is -0.100. The van der Waals surface area contributed by atoms with Crippen molar-refractivity contribution in [3.8, 4) is 6.07 Å². The van der Waals surface area contributed by atoms with E-state index in [1.807, 2.05) is 12.1 Å². The second-order valence-corrected chi connectivity index (χ2v) is 5.81. The fourth-order valence-electron chi connectivity index (χ4n) is 2.11. The second-order valence-electron chi connectivity index (χ2n) is 4.96. The molecule has 0 spiro atoms. The summed E-state index contributed by atoms with van der Waals surface area (Å²) in [6.07, 6.45) is 0. The maximum Gasteiger partial charge on any atom is 0.292 e. The van der Waals surface area contributed by atoms with Gasteiger partial charge in [-0.25, -0.2) is 0 Å². The standard InChI is InChI=1S/C16H13BrN4O3/c1-20(10-16(22)19-13-5-3-2-4-12(13)17)15-8-11(9-18)6-7-14(15)21(23)24/h2-8H,10H2,1H3,(H,19,22). The summed E-state index contributed by atoms with van der Waals surface area (Å²) < 4.78 is 0.735. The van der Waals surface area contributed by atoms with E-state index in [1.165, 1.54) is 23.1 Å². The molecule has 0 saturated heterocycles. The number of anilines is 2. The average molecular weight is 389 g/mol. The summed E-state index contributed by atoms with van der Waals surface area (Å²) in [5.41, 5.74) is 0.941. The smallest absolute Gasteiger partial charge is 0.292 e. The van der Waals surface area contributed by atoms with Crippen LogP contribution >= 0.6 is 15.9 Å². The van der Waals surface area contributed by atoms with E-state index in [0.29, 0.717) is 5.69 Å². The molecule has 122 valence electrons. The fraction of sp³-hybridized carbons (Fsp3) is 0.125. The molecule has 0 radical (unpaired) electrons. The Balaban J connectivity index is 2.19. The summed E-state index contributed by atoms with van der Waals surface area (Å²) >= 11 is 3.33. The number of nitro benzene ring substituents is 1. The van der Waals surface area contributed by atoms with Gasteiger partial charge in [-0.05, 0) is 40.2 Å². The van der Waals surface area contributed by atoms with Crippen LogP contribution in [0.4, 0.5) is 17.1 Å². The van der Waals surface area contributed by atoms with E-state index in [2.05, 4.69) is 21.2 Å². The molecule has 0 fully saturated rings. The molecule has 24 heavy (non-hydrogen) atoms. The van der Waals surface area contributed by atoms with Gasteiger partial charge in [0.2, 0.25) is 5.91 Å². The minimum absolute atomic E-state index is 0.100. The lowest BCUT2D eigenvalue weighted by molar-refractivity contribution is -0.384. The molecule has 0 aromatic heterocycles. The largest absolute Gasteiger partial charge is 0.360 e. The number of nitrogens with zero attached hydrogens (tertiary/aromatic N) is 3. The second kappa shape index (κ2) is 7.57. The highest BCUT2D eigenvalue weighted by atomic mass is 79.9. The Kier molecular flexibility index (Phi) is 5.50. The number of halogens is 1. The molecule has 0 unspecified atom stereocenters. The van der Waals surface area contributed by atoms with Crippen molar-refractivity contribution in [2.24, 2.45) is 0 Å². The zero-order valence-corrected chi connectivity index (χ0v) is 14.3. The number of para-hydroxylation sites is 1. The van der Waals surface area contributed by atoms with Crippen molar-refractivity contribution in [2.45, 2.75) is 0 Å². The maximum atomic E-state index is 12.2. The van der Waals surface area contributed by atoms with Gasteiger partial charge >= 0.3 is 0 Å². The van der Waals surface area contributed by atoms with E-state index in [9.17, 15) is 14.9 Å². The molecule has 0 aliphatic heterocycles. The van der Waals surface area contributed by atoms with Crippen LogP contribution in [0.5, 0.6) is 0 Å². The van der Waals surface area contributed by atoms with Gasteiger partial charge in [0, 0.05) is 17.6 Å². The third-order valence-electron chi connectivity index (χ3n) is 3.24. The molecule has 1 N–H and O–H groups in total. The van der Waals surface area contributed by atoms with Crippen molar-refractivity contribution in [3.05, 3.63) is 62.6 Å². The number of amides is 1. The van der Waals surface area contributed by atoms with Crippen molar-refractivity contribution in [3.63, 3.8) is 0 Å². The summed E-state index contributed by atoms with van der Waals surface area (Å²) in [6, 6.07) is 13.1. The van der Waals surface area contributed by atoms with Gasteiger partial charge in [0.05, 0.1) is 28.8 Å². The van der Waals surface area contributed by atoms with E-state index >= 15 is 0 Å². The number of carbonyl (C=O) groups is 1. The molecule has 0 atom stereocenters. The Bertz CT molecular complexity index is 832. The lowest BCUT2D eigenvalue weighted by atomic mass is 10.1. The van der Waals surface area contributed by atoms with Crippen LogP contribution in [0.2, 0.25) is 0 Å². The highest BCUT2D eigenvalue weighted by molar-refractivity contribution is 9.10. The predicted octanol–water partition coefficient (Wildman–Crippen LogP) is 3.30. The quantitative estimate of drug-likeness (QED) is 0.625. The number of rotatable bonds is 5. The number of likely N-dealkylation sites (N-methyl/N-ethyl adjacent to an activating group) is 1. The highest BCUT2D eigenvalue weighted by Crippen LogP contribution is 2.28. The molecular formula is C16H13BrN4O3. The topological polar surface area (TPSA) is 99.3 Å². The Morgan fingerprint density at radius 1 is 1.38 bits per heavy atom. The van der Waals surface area contributed by atoms with Crippen LogP contribution in [0.1, 0.15) is 5.56 Å². The molecular weight excluding hydrogens is 376 g/mol. The number of nitrogens with one attached hydrogen (secondary N) is 1. The molecule has 0 aliphatic rings. The molecule has 2 aromatic carbocycles. The lowest BCUT2D eigenvalue weighted by Crippen LogP contribution is -2.30. The Morgan fingerprint density at radius 2 is 2.08 bits per heavy atom. The summed E-state index contributed by atoms with van der Waals surface area (Å²) in [5.74, 6) is -0.332. The molecule has 0 heterocycles. The van der Waals surface area contributed by atoms with Gasteiger partial charge in [0.1, 0.15) is 5.69 Å². The first-order chi connectivity index (χ1) is 11.4. The summed E-state index contributed by atoms with van der Waals surface area (Å²) in [5, 5.41) is 22.8. The van der Waals surface area contributed by atoms with Gasteiger partial charge in [0.25, 0.3) is 5.69 Å². The van der Waals surface area contributed by atoms with Crippen LogP contribution in [0, 0.1) is 21.4 Å². The number of hydrogen-bond donors (Lipinski definition) is 1.